The molecule has 2 N–H and O–H groups in total. The molecule has 0 bridgehead atoms. The van der Waals surface area contributed by atoms with E-state index in [2.05, 4.69) is 15.5 Å². The SMILES string of the molecule is COC(=O)[C@@H](Nc1nc(CN2CCN(C(=O)Nc3cc(Cl)ccc3Cl)CC2)nc2ccccc12)C(C)C. The third-order valence-electron chi connectivity index (χ3n) is 6.26. The Hall–Kier alpha value is -3.14. The maximum absolute atomic E-state index is 12.7. The zero-order valence-electron chi connectivity index (χ0n) is 21.0. The van der Waals surface area contributed by atoms with Crippen molar-refractivity contribution < 1.29 is 14.3 Å². The van der Waals surface area contributed by atoms with Crippen LogP contribution in [0.15, 0.2) is 42.5 Å². The van der Waals surface area contributed by atoms with Gasteiger partial charge in [-0.25, -0.2) is 19.6 Å². The lowest BCUT2D eigenvalue weighted by atomic mass is 10.0. The average Bonchev–Trinajstić information content (AvgIpc) is 2.89. The molecule has 1 saturated heterocycles. The second-order valence-corrected chi connectivity index (χ2v) is 10.1. The van der Waals surface area contributed by atoms with Gasteiger partial charge < -0.3 is 20.3 Å². The fourth-order valence-electron chi connectivity index (χ4n) is 4.17. The third kappa shape index (κ3) is 6.60. The fraction of sp³-hybridized carbons (Fsp3) is 0.385. The lowest BCUT2D eigenvalue weighted by molar-refractivity contribution is -0.142. The number of methoxy groups -OCH3 is 1. The molecule has 0 saturated carbocycles. The van der Waals surface area contributed by atoms with E-state index in [4.69, 9.17) is 37.9 Å². The predicted molar refractivity (Wildman–Crippen MR) is 146 cm³/mol. The number of carbonyl (C=O) groups is 2. The summed E-state index contributed by atoms with van der Waals surface area (Å²) in [5, 5.41) is 7.88. The van der Waals surface area contributed by atoms with Gasteiger partial charge in [-0.3, -0.25) is 4.90 Å². The van der Waals surface area contributed by atoms with Crippen molar-refractivity contribution in [3.63, 3.8) is 0 Å². The minimum absolute atomic E-state index is 0.00523. The van der Waals surface area contributed by atoms with Gasteiger partial charge in [0.1, 0.15) is 17.7 Å². The molecule has 1 aromatic heterocycles. The van der Waals surface area contributed by atoms with Crippen molar-refractivity contribution in [1.29, 1.82) is 0 Å². The number of hydrogen-bond acceptors (Lipinski definition) is 7. The maximum atomic E-state index is 12.7. The summed E-state index contributed by atoms with van der Waals surface area (Å²) in [6, 6.07) is 11.9. The van der Waals surface area contributed by atoms with Gasteiger partial charge in [-0.2, -0.15) is 0 Å². The summed E-state index contributed by atoms with van der Waals surface area (Å²) in [6.45, 7) is 6.82. The zero-order valence-corrected chi connectivity index (χ0v) is 22.5. The Morgan fingerprint density at radius 3 is 2.49 bits per heavy atom. The van der Waals surface area contributed by atoms with Gasteiger partial charge in [0.05, 0.1) is 29.9 Å². The summed E-state index contributed by atoms with van der Waals surface area (Å²) >= 11 is 12.2. The van der Waals surface area contributed by atoms with Gasteiger partial charge in [-0.05, 0) is 36.2 Å². The van der Waals surface area contributed by atoms with Crippen LogP contribution in [-0.4, -0.2) is 71.1 Å². The highest BCUT2D eigenvalue weighted by Crippen LogP contribution is 2.26. The highest BCUT2D eigenvalue weighted by Gasteiger charge is 2.26. The summed E-state index contributed by atoms with van der Waals surface area (Å²) < 4.78 is 4.98. The molecule has 4 rings (SSSR count). The lowest BCUT2D eigenvalue weighted by Crippen LogP contribution is -2.49. The first-order valence-corrected chi connectivity index (χ1v) is 12.8. The molecule has 196 valence electrons. The van der Waals surface area contributed by atoms with Crippen molar-refractivity contribution in [3.8, 4) is 0 Å². The molecular weight excluding hydrogens is 515 g/mol. The fourth-order valence-corrected chi connectivity index (χ4v) is 4.51. The van der Waals surface area contributed by atoms with Crippen LogP contribution in [0.25, 0.3) is 10.9 Å². The molecule has 9 nitrogen and oxygen atoms in total. The number of anilines is 2. The molecule has 0 aliphatic carbocycles. The second-order valence-electron chi connectivity index (χ2n) is 9.21. The Kier molecular flexibility index (Phi) is 8.68. The number of piperazine rings is 1. The Morgan fingerprint density at radius 1 is 1.05 bits per heavy atom. The Morgan fingerprint density at radius 2 is 1.78 bits per heavy atom. The Labute approximate surface area is 226 Å². The van der Waals surface area contributed by atoms with E-state index in [-0.39, 0.29) is 17.9 Å². The Balaban J connectivity index is 1.44. The number of urea groups is 1. The van der Waals surface area contributed by atoms with Crippen molar-refractivity contribution in [2.24, 2.45) is 5.92 Å². The summed E-state index contributed by atoms with van der Waals surface area (Å²) in [5.74, 6) is 0.900. The van der Waals surface area contributed by atoms with Crippen molar-refractivity contribution >= 4 is 57.6 Å². The molecule has 0 radical (unpaired) electrons. The van der Waals surface area contributed by atoms with E-state index in [0.29, 0.717) is 60.1 Å². The number of ether oxygens (including phenoxy) is 1. The standard InChI is InChI=1S/C26H30Cl2N6O3/c1-16(2)23(25(35)37-3)32-24-18-6-4-5-7-20(18)29-22(31-24)15-33-10-12-34(13-11-33)26(36)30-21-14-17(27)8-9-19(21)28/h4-9,14,16,23H,10-13,15H2,1-3H3,(H,30,36)(H,29,31,32)/t23-/m0/s1. The minimum atomic E-state index is -0.536. The molecule has 1 aliphatic heterocycles. The van der Waals surface area contributed by atoms with Gasteiger partial charge in [0.15, 0.2) is 0 Å². The van der Waals surface area contributed by atoms with Crippen molar-refractivity contribution in [3.05, 3.63) is 58.3 Å². The number of para-hydroxylation sites is 1. The van der Waals surface area contributed by atoms with E-state index >= 15 is 0 Å². The van der Waals surface area contributed by atoms with Crippen LogP contribution in [0, 0.1) is 5.92 Å². The first-order chi connectivity index (χ1) is 17.7. The van der Waals surface area contributed by atoms with Crippen LogP contribution in [0.1, 0.15) is 19.7 Å². The van der Waals surface area contributed by atoms with E-state index in [1.54, 1.807) is 23.1 Å². The molecule has 2 amide bonds. The second kappa shape index (κ2) is 11.9. The highest BCUT2D eigenvalue weighted by molar-refractivity contribution is 6.35. The molecule has 2 heterocycles. The Bertz CT molecular complexity index is 1280. The summed E-state index contributed by atoms with van der Waals surface area (Å²) in [6.07, 6.45) is 0. The molecule has 2 aromatic carbocycles. The van der Waals surface area contributed by atoms with Gasteiger partial charge in [-0.1, -0.05) is 49.2 Å². The van der Waals surface area contributed by atoms with Gasteiger partial charge in [0, 0.05) is 36.6 Å². The van der Waals surface area contributed by atoms with Crippen LogP contribution in [0.2, 0.25) is 10.0 Å². The quantitative estimate of drug-likeness (QED) is 0.408. The van der Waals surface area contributed by atoms with Crippen molar-refractivity contribution in [2.75, 3.05) is 43.9 Å². The van der Waals surface area contributed by atoms with Crippen LogP contribution >= 0.6 is 23.2 Å². The smallest absolute Gasteiger partial charge is 0.328 e. The minimum Gasteiger partial charge on any atom is -0.467 e. The number of carbonyl (C=O) groups excluding carboxylic acids is 2. The van der Waals surface area contributed by atoms with Crippen LogP contribution in [-0.2, 0) is 16.1 Å². The molecule has 37 heavy (non-hydrogen) atoms. The summed E-state index contributed by atoms with van der Waals surface area (Å²) in [7, 11) is 1.38. The zero-order chi connectivity index (χ0) is 26.5. The number of hydrogen-bond donors (Lipinski definition) is 2. The number of aromatic nitrogens is 2. The molecule has 0 spiro atoms. The highest BCUT2D eigenvalue weighted by atomic mass is 35.5. The van der Waals surface area contributed by atoms with Crippen LogP contribution in [0.3, 0.4) is 0 Å². The number of esters is 1. The number of nitrogens with zero attached hydrogens (tertiary/aromatic N) is 4. The van der Waals surface area contributed by atoms with Crippen LogP contribution in [0.5, 0.6) is 0 Å². The normalized spacial score (nSPS) is 15.0. The van der Waals surface area contributed by atoms with E-state index in [1.165, 1.54) is 7.11 Å². The third-order valence-corrected chi connectivity index (χ3v) is 6.82. The summed E-state index contributed by atoms with van der Waals surface area (Å²) in [5.41, 5.74) is 1.27. The number of fused-ring (bicyclic) bond motifs is 1. The first-order valence-electron chi connectivity index (χ1n) is 12.1. The molecule has 11 heteroatoms. The van der Waals surface area contributed by atoms with E-state index in [1.807, 2.05) is 38.1 Å². The number of amides is 2. The molecule has 3 aromatic rings. The van der Waals surface area contributed by atoms with Gasteiger partial charge >= 0.3 is 12.0 Å². The lowest BCUT2D eigenvalue weighted by Gasteiger charge is -2.34. The molecule has 1 fully saturated rings. The number of rotatable bonds is 7. The summed E-state index contributed by atoms with van der Waals surface area (Å²) in [4.78, 5) is 38.5. The average molecular weight is 545 g/mol. The number of benzene rings is 2. The maximum Gasteiger partial charge on any atom is 0.328 e. The van der Waals surface area contributed by atoms with Gasteiger partial charge in [-0.15, -0.1) is 0 Å². The number of halogens is 2. The van der Waals surface area contributed by atoms with Crippen molar-refractivity contribution in [2.45, 2.75) is 26.4 Å². The van der Waals surface area contributed by atoms with E-state index in [0.717, 1.165) is 10.9 Å². The first kappa shape index (κ1) is 26.9. The van der Waals surface area contributed by atoms with Crippen molar-refractivity contribution in [1.82, 2.24) is 19.8 Å². The molecule has 0 unspecified atom stereocenters. The predicted octanol–water partition coefficient (Wildman–Crippen LogP) is 4.90. The molecule has 1 aliphatic rings. The molecular formula is C26H30Cl2N6O3. The number of nitrogens with one attached hydrogen (secondary N) is 2. The van der Waals surface area contributed by atoms with Gasteiger partial charge in [0.25, 0.3) is 0 Å². The largest absolute Gasteiger partial charge is 0.467 e. The van der Waals surface area contributed by atoms with E-state index in [9.17, 15) is 9.59 Å². The monoisotopic (exact) mass is 544 g/mol. The van der Waals surface area contributed by atoms with Crippen LogP contribution in [0.4, 0.5) is 16.3 Å². The van der Waals surface area contributed by atoms with Gasteiger partial charge in [0.2, 0.25) is 0 Å². The topological polar surface area (TPSA) is 99.7 Å². The van der Waals surface area contributed by atoms with Crippen LogP contribution < -0.4 is 10.6 Å². The van der Waals surface area contributed by atoms with E-state index < -0.39 is 6.04 Å². The molecule has 1 atom stereocenters.